The third kappa shape index (κ3) is 2.37. The Morgan fingerprint density at radius 2 is 2.11 bits per heavy atom. The Hall–Kier alpha value is -1.46. The van der Waals surface area contributed by atoms with Crippen LogP contribution >= 0.6 is 11.3 Å². The van der Waals surface area contributed by atoms with E-state index in [2.05, 4.69) is 20.9 Å². The molecule has 4 nitrogen and oxygen atoms in total. The summed E-state index contributed by atoms with van der Waals surface area (Å²) in [6, 6.07) is 6.03. The first-order valence-corrected chi connectivity index (χ1v) is 7.01. The van der Waals surface area contributed by atoms with Gasteiger partial charge in [-0.25, -0.2) is 9.97 Å². The highest BCUT2D eigenvalue weighted by Gasteiger charge is 2.19. The van der Waals surface area contributed by atoms with Gasteiger partial charge in [-0.2, -0.15) is 0 Å². The molecule has 1 aliphatic rings. The Bertz CT molecular complexity index is 507. The van der Waals surface area contributed by atoms with E-state index in [9.17, 15) is 5.11 Å². The van der Waals surface area contributed by atoms with Gasteiger partial charge in [0.1, 0.15) is 0 Å². The van der Waals surface area contributed by atoms with E-state index in [-0.39, 0.29) is 6.10 Å². The average molecular weight is 261 g/mol. The zero-order valence-electron chi connectivity index (χ0n) is 9.99. The Morgan fingerprint density at radius 3 is 2.83 bits per heavy atom. The second-order valence-electron chi connectivity index (χ2n) is 4.44. The number of piperidine rings is 1. The molecule has 1 fully saturated rings. The van der Waals surface area contributed by atoms with Gasteiger partial charge < -0.3 is 10.0 Å². The average Bonchev–Trinajstić information content (AvgIpc) is 2.94. The van der Waals surface area contributed by atoms with Gasteiger partial charge in [-0.3, -0.25) is 0 Å². The molecule has 0 amide bonds. The van der Waals surface area contributed by atoms with Gasteiger partial charge in [-0.05, 0) is 30.4 Å². The van der Waals surface area contributed by atoms with Crippen LogP contribution in [0.4, 0.5) is 5.95 Å². The monoisotopic (exact) mass is 261 g/mol. The van der Waals surface area contributed by atoms with Gasteiger partial charge in [0.25, 0.3) is 0 Å². The fourth-order valence-electron chi connectivity index (χ4n) is 2.13. The van der Waals surface area contributed by atoms with Gasteiger partial charge in [-0.1, -0.05) is 6.07 Å². The minimum Gasteiger partial charge on any atom is -0.393 e. The van der Waals surface area contributed by atoms with Crippen LogP contribution < -0.4 is 4.90 Å². The van der Waals surface area contributed by atoms with Crippen LogP contribution in [0, 0.1) is 0 Å². The predicted octanol–water partition coefficient (Wildman–Crippen LogP) is 2.17. The lowest BCUT2D eigenvalue weighted by Gasteiger charge is -2.29. The molecule has 0 atom stereocenters. The topological polar surface area (TPSA) is 49.2 Å². The maximum absolute atomic E-state index is 9.51. The number of aliphatic hydroxyl groups excluding tert-OH is 1. The number of hydrogen-bond donors (Lipinski definition) is 1. The van der Waals surface area contributed by atoms with Crippen molar-refractivity contribution >= 4 is 17.3 Å². The molecule has 3 rings (SSSR count). The van der Waals surface area contributed by atoms with Gasteiger partial charge in [0, 0.05) is 19.3 Å². The SMILES string of the molecule is OC1CCN(c2nccc(-c3cccs3)n2)CC1. The van der Waals surface area contributed by atoms with E-state index in [4.69, 9.17) is 0 Å². The molecular weight excluding hydrogens is 246 g/mol. The predicted molar refractivity (Wildman–Crippen MR) is 72.8 cm³/mol. The number of thiophene rings is 1. The van der Waals surface area contributed by atoms with Crippen LogP contribution in [0.2, 0.25) is 0 Å². The maximum Gasteiger partial charge on any atom is 0.225 e. The molecular formula is C13H15N3OS. The molecule has 1 saturated heterocycles. The van der Waals surface area contributed by atoms with Crippen molar-refractivity contribution in [2.24, 2.45) is 0 Å². The van der Waals surface area contributed by atoms with Crippen LogP contribution in [-0.4, -0.2) is 34.3 Å². The molecule has 0 aromatic carbocycles. The van der Waals surface area contributed by atoms with Crippen LogP contribution in [0.3, 0.4) is 0 Å². The molecule has 1 N–H and O–H groups in total. The van der Waals surface area contributed by atoms with Crippen molar-refractivity contribution in [2.45, 2.75) is 18.9 Å². The highest BCUT2D eigenvalue weighted by Crippen LogP contribution is 2.24. The Balaban J connectivity index is 1.83. The van der Waals surface area contributed by atoms with Gasteiger partial charge in [0.2, 0.25) is 5.95 Å². The standard InChI is InChI=1S/C13H15N3OS/c17-10-4-7-16(8-5-10)13-14-6-3-11(15-13)12-2-1-9-18-12/h1-3,6,9-10,17H,4-5,7-8H2. The number of nitrogens with zero attached hydrogens (tertiary/aromatic N) is 3. The Labute approximate surface area is 110 Å². The molecule has 18 heavy (non-hydrogen) atoms. The van der Waals surface area contributed by atoms with Crippen molar-refractivity contribution in [3.8, 4) is 10.6 Å². The third-order valence-electron chi connectivity index (χ3n) is 3.16. The smallest absolute Gasteiger partial charge is 0.225 e. The number of aliphatic hydroxyl groups is 1. The van der Waals surface area contributed by atoms with E-state index < -0.39 is 0 Å². The lowest BCUT2D eigenvalue weighted by Crippen LogP contribution is -2.36. The molecule has 0 unspecified atom stereocenters. The molecule has 2 aromatic heterocycles. The van der Waals surface area contributed by atoms with E-state index in [1.54, 1.807) is 11.3 Å². The summed E-state index contributed by atoms with van der Waals surface area (Å²) in [7, 11) is 0. The summed E-state index contributed by atoms with van der Waals surface area (Å²) in [5, 5.41) is 11.6. The van der Waals surface area contributed by atoms with Crippen LogP contribution in [0.15, 0.2) is 29.8 Å². The van der Waals surface area contributed by atoms with E-state index in [0.717, 1.165) is 42.5 Å². The molecule has 5 heteroatoms. The number of anilines is 1. The zero-order valence-corrected chi connectivity index (χ0v) is 10.8. The quantitative estimate of drug-likeness (QED) is 0.900. The van der Waals surface area contributed by atoms with Crippen LogP contribution in [-0.2, 0) is 0 Å². The highest BCUT2D eigenvalue weighted by atomic mass is 32.1. The third-order valence-corrected chi connectivity index (χ3v) is 4.06. The number of hydrogen-bond acceptors (Lipinski definition) is 5. The lowest BCUT2D eigenvalue weighted by molar-refractivity contribution is 0.145. The zero-order chi connectivity index (χ0) is 12.4. The minimum atomic E-state index is -0.165. The number of aromatic nitrogens is 2. The molecule has 0 spiro atoms. The van der Waals surface area contributed by atoms with Crippen molar-refractivity contribution in [3.63, 3.8) is 0 Å². The van der Waals surface area contributed by atoms with E-state index in [1.807, 2.05) is 23.7 Å². The van der Waals surface area contributed by atoms with E-state index in [0.29, 0.717) is 0 Å². The normalized spacial score (nSPS) is 17.1. The largest absolute Gasteiger partial charge is 0.393 e. The molecule has 0 bridgehead atoms. The van der Waals surface area contributed by atoms with Crippen molar-refractivity contribution in [1.82, 2.24) is 9.97 Å². The summed E-state index contributed by atoms with van der Waals surface area (Å²) in [6.45, 7) is 1.66. The second-order valence-corrected chi connectivity index (χ2v) is 5.39. The lowest BCUT2D eigenvalue weighted by atomic mass is 10.1. The first kappa shape index (κ1) is 11.6. The van der Waals surface area contributed by atoms with Gasteiger partial charge in [-0.15, -0.1) is 11.3 Å². The van der Waals surface area contributed by atoms with Crippen molar-refractivity contribution in [3.05, 3.63) is 29.8 Å². The maximum atomic E-state index is 9.51. The fourth-order valence-corrected chi connectivity index (χ4v) is 2.82. The van der Waals surface area contributed by atoms with Crippen molar-refractivity contribution in [2.75, 3.05) is 18.0 Å². The molecule has 0 aliphatic carbocycles. The van der Waals surface area contributed by atoms with Crippen LogP contribution in [0.25, 0.3) is 10.6 Å². The van der Waals surface area contributed by atoms with Gasteiger partial charge in [0.05, 0.1) is 16.7 Å². The Kier molecular flexibility index (Phi) is 3.25. The molecule has 0 saturated carbocycles. The first-order valence-electron chi connectivity index (χ1n) is 6.13. The minimum absolute atomic E-state index is 0.165. The molecule has 2 aromatic rings. The summed E-state index contributed by atoms with van der Waals surface area (Å²) in [4.78, 5) is 12.2. The fraction of sp³-hybridized carbons (Fsp3) is 0.385. The van der Waals surface area contributed by atoms with Crippen LogP contribution in [0.5, 0.6) is 0 Å². The molecule has 94 valence electrons. The summed E-state index contributed by atoms with van der Waals surface area (Å²) < 4.78 is 0. The highest BCUT2D eigenvalue weighted by molar-refractivity contribution is 7.13. The molecule has 3 heterocycles. The second kappa shape index (κ2) is 5.04. The van der Waals surface area contributed by atoms with Crippen molar-refractivity contribution in [1.29, 1.82) is 0 Å². The summed E-state index contributed by atoms with van der Waals surface area (Å²) in [5.74, 6) is 0.771. The van der Waals surface area contributed by atoms with Gasteiger partial charge in [0.15, 0.2) is 0 Å². The van der Waals surface area contributed by atoms with Gasteiger partial charge >= 0.3 is 0 Å². The van der Waals surface area contributed by atoms with E-state index >= 15 is 0 Å². The summed E-state index contributed by atoms with van der Waals surface area (Å²) in [6.07, 6.45) is 3.24. The van der Waals surface area contributed by atoms with Crippen LogP contribution in [0.1, 0.15) is 12.8 Å². The van der Waals surface area contributed by atoms with E-state index in [1.165, 1.54) is 0 Å². The van der Waals surface area contributed by atoms with Crippen molar-refractivity contribution < 1.29 is 5.11 Å². The number of rotatable bonds is 2. The summed E-state index contributed by atoms with van der Waals surface area (Å²) >= 11 is 1.68. The molecule has 0 radical (unpaired) electrons. The summed E-state index contributed by atoms with van der Waals surface area (Å²) in [5.41, 5.74) is 0.973. The molecule has 1 aliphatic heterocycles. The Morgan fingerprint density at radius 1 is 1.28 bits per heavy atom. The first-order chi connectivity index (χ1) is 8.83.